The van der Waals surface area contributed by atoms with Crippen LogP contribution >= 0.6 is 0 Å². The second kappa shape index (κ2) is 73.0. The molecule has 13 unspecified atom stereocenters. The maximum atomic E-state index is 3.23. The lowest BCUT2D eigenvalue weighted by Gasteiger charge is -2.75. The van der Waals surface area contributed by atoms with Gasteiger partial charge in [-0.25, -0.2) is 0 Å². The molecule has 13 atom stereocenters. The molecule has 1 radical (unpaired) electrons. The van der Waals surface area contributed by atoms with Gasteiger partial charge < -0.3 is 0 Å². The lowest BCUT2D eigenvalue weighted by atomic mass is 9.29. The van der Waals surface area contributed by atoms with Gasteiger partial charge in [0, 0.05) is 0 Å². The Bertz CT molecular complexity index is 1830. The number of unbranched alkanes of at least 4 members (excludes halogenated alkanes) is 20. The Morgan fingerprint density at radius 1 is 0.209 bits per heavy atom. The van der Waals surface area contributed by atoms with E-state index < -0.39 is 0 Å². The van der Waals surface area contributed by atoms with Gasteiger partial charge in [-0.1, -0.05) is 538 Å². The highest BCUT2D eigenvalue weighted by Crippen LogP contribution is 2.80. The lowest BCUT2D eigenvalue weighted by Crippen LogP contribution is -2.68. The highest BCUT2D eigenvalue weighted by Gasteiger charge is 2.72. The summed E-state index contributed by atoms with van der Waals surface area (Å²) in [6.45, 7) is 58.5. The molecule has 0 heterocycles. The predicted octanol–water partition coefficient (Wildman–Crippen LogP) is 40.8. The third kappa shape index (κ3) is 41.3. The molecule has 0 spiro atoms. The van der Waals surface area contributed by atoms with E-state index in [1.807, 2.05) is 0 Å². The summed E-state index contributed by atoms with van der Waals surface area (Å²) in [5.74, 6) is 10.9. The smallest absolute Gasteiger partial charge is 0.0140 e. The Balaban J connectivity index is 13.3. The normalized spacial score (nSPS) is 17.3. The van der Waals surface area contributed by atoms with Crippen LogP contribution in [-0.4, -0.2) is 0 Å². The quantitative estimate of drug-likeness (QED) is 0.0533. The maximum Gasteiger partial charge on any atom is -0.0140 e. The minimum atomic E-state index is 0.135. The fourth-order valence-electron chi connectivity index (χ4n) is 25.8. The zero-order valence-corrected chi connectivity index (χ0v) is 81.8. The van der Waals surface area contributed by atoms with Gasteiger partial charge >= 0.3 is 0 Å². The summed E-state index contributed by atoms with van der Waals surface area (Å²) in [5, 5.41) is 0. The van der Waals surface area contributed by atoms with Gasteiger partial charge in [0.15, 0.2) is 0 Å². The number of rotatable bonds is 87. The molecule has 0 aliphatic heterocycles. The Morgan fingerprint density at radius 3 is 0.927 bits per heavy atom. The zero-order valence-electron chi connectivity index (χ0n) is 81.8. The second-order valence-corrected chi connectivity index (χ2v) is 39.9. The molecular weight excluding hydrogens is 1320 g/mol. The summed E-state index contributed by atoms with van der Waals surface area (Å²) in [6.07, 6.45) is 103. The molecule has 0 aliphatic rings. The molecule has 0 fully saturated rings. The molecule has 0 aromatic carbocycles. The van der Waals surface area contributed by atoms with Crippen LogP contribution in [0.3, 0.4) is 0 Å². The molecule has 0 rings (SSSR count). The van der Waals surface area contributed by atoms with Crippen LogP contribution in [0.5, 0.6) is 0 Å². The Kier molecular flexibility index (Phi) is 73.0. The van der Waals surface area contributed by atoms with Gasteiger partial charge in [-0.15, -0.1) is 0 Å². The maximum absolute atomic E-state index is 3.23. The Hall–Kier alpha value is 0. The van der Waals surface area contributed by atoms with E-state index in [9.17, 15) is 0 Å². The van der Waals surface area contributed by atoms with Gasteiger partial charge in [-0.05, 0) is 170 Å². The van der Waals surface area contributed by atoms with E-state index in [-0.39, 0.29) is 21.7 Å². The van der Waals surface area contributed by atoms with Crippen molar-refractivity contribution in [3.8, 4) is 0 Å². The molecule has 0 aromatic rings. The van der Waals surface area contributed by atoms with Crippen molar-refractivity contribution in [3.05, 3.63) is 5.92 Å². The van der Waals surface area contributed by atoms with Crippen molar-refractivity contribution in [1.82, 2.24) is 0 Å². The van der Waals surface area contributed by atoms with Crippen molar-refractivity contribution < 1.29 is 0 Å². The molecule has 0 heteroatoms. The minimum absolute atomic E-state index is 0.135. The van der Waals surface area contributed by atoms with Gasteiger partial charge in [0.25, 0.3) is 0 Å². The van der Waals surface area contributed by atoms with Crippen LogP contribution in [0.2, 0.25) is 0 Å². The molecule has 0 saturated carbocycles. The number of hydrogen-bond acceptors (Lipinski definition) is 0. The van der Waals surface area contributed by atoms with Crippen molar-refractivity contribution in [2.24, 2.45) is 86.8 Å². The van der Waals surface area contributed by atoms with Crippen molar-refractivity contribution in [2.45, 2.75) is 615 Å². The van der Waals surface area contributed by atoms with Gasteiger partial charge in [0.05, 0.1) is 0 Å². The Morgan fingerprint density at radius 2 is 0.518 bits per heavy atom. The van der Waals surface area contributed by atoms with Gasteiger partial charge in [-0.3, -0.25) is 0 Å². The van der Waals surface area contributed by atoms with Gasteiger partial charge in [0.2, 0.25) is 0 Å². The second-order valence-electron chi connectivity index (χ2n) is 39.9. The van der Waals surface area contributed by atoms with Crippen molar-refractivity contribution in [1.29, 1.82) is 0 Å². The summed E-state index contributed by atoms with van der Waals surface area (Å²) in [6, 6.07) is 0. The van der Waals surface area contributed by atoms with E-state index in [2.05, 4.69) is 158 Å². The highest BCUT2D eigenvalue weighted by atomic mass is 14.8. The van der Waals surface area contributed by atoms with Crippen molar-refractivity contribution in [2.75, 3.05) is 0 Å². The molecule has 0 bridgehead atoms. The first-order valence-corrected chi connectivity index (χ1v) is 53.5. The van der Waals surface area contributed by atoms with E-state index in [0.29, 0.717) is 11.8 Å². The van der Waals surface area contributed by atoms with Crippen LogP contribution in [0.15, 0.2) is 0 Å². The zero-order chi connectivity index (χ0) is 81.8. The predicted molar refractivity (Wildman–Crippen MR) is 509 cm³/mol. The average Bonchev–Trinajstić information content (AvgIpc) is 0.673. The summed E-state index contributed by atoms with van der Waals surface area (Å²) in [7, 11) is 0. The van der Waals surface area contributed by atoms with Crippen LogP contribution in [-0.2, 0) is 0 Å². The van der Waals surface area contributed by atoms with Crippen LogP contribution in [0.4, 0.5) is 0 Å². The molecule has 0 N–H and O–H groups in total. The topological polar surface area (TPSA) is 0 Å². The number of hydrogen-bond donors (Lipinski definition) is 0. The standard InChI is InChI=1S/C110H221/c1-23-44-53-55-62-83-104(43-21)106(90-99(69-36-14)77-57-47-26-4)107(86-42-20,87-64-82-96(65-32-10)66-33-11)108(88-85-97(67-34-12)75-52-31-9,91-100(70-37-15)78-58-48-27-5)109(92-101(71-38-16)79-59-49-28-6,93-102(72-39-17)80-60-50-29-7)110(94-103(73-40-18)81-61-51-30-8,105(74-41-19)84-63-54-45-24-2)95(22)89-98(68-35-13)76-56-46-25-3/h95-105H,23-94H2,1-22H3. The Labute approximate surface area is 703 Å². The molecule has 661 valence electrons. The molecule has 0 saturated heterocycles. The highest BCUT2D eigenvalue weighted by molar-refractivity contribution is 5.26. The van der Waals surface area contributed by atoms with E-state index in [1.165, 1.54) is 430 Å². The van der Waals surface area contributed by atoms with E-state index in [4.69, 9.17) is 0 Å². The van der Waals surface area contributed by atoms with E-state index in [0.717, 1.165) is 53.3 Å². The van der Waals surface area contributed by atoms with Crippen LogP contribution in [0.1, 0.15) is 615 Å². The third-order valence-electron chi connectivity index (χ3n) is 30.8. The SMILES string of the molecule is CCCCCCCC(CC)[C](CC(CCC)CCCCC)C(CCC)(CCCC(CCC)CCC)C(CCC(CCC)CCCC)(CC(CCC)CCCCC)C(CC(CCC)CCCCC)(CC(CCC)CCCCC)C(CC(CCC)CCCCC)(C(C)CC(CCC)CCCCC)C(CCC)CCCCCC. The van der Waals surface area contributed by atoms with Crippen LogP contribution < -0.4 is 0 Å². The largest absolute Gasteiger partial charge is 0.0654 e. The van der Waals surface area contributed by atoms with E-state index in [1.54, 1.807) is 32.1 Å². The first kappa shape index (κ1) is 110. The fraction of sp³-hybridized carbons (Fsp3) is 0.991. The summed E-state index contributed by atoms with van der Waals surface area (Å²) in [4.78, 5) is 0. The molecule has 0 nitrogen and oxygen atoms in total. The average molecular weight is 1540 g/mol. The van der Waals surface area contributed by atoms with Crippen LogP contribution in [0, 0.1) is 92.7 Å². The fourth-order valence-corrected chi connectivity index (χ4v) is 25.8. The molecule has 0 aliphatic carbocycles. The van der Waals surface area contributed by atoms with Crippen molar-refractivity contribution >= 4 is 0 Å². The van der Waals surface area contributed by atoms with Gasteiger partial charge in [-0.2, -0.15) is 0 Å². The molecule has 0 amide bonds. The monoisotopic (exact) mass is 1540 g/mol. The first-order valence-electron chi connectivity index (χ1n) is 53.5. The molecule has 110 heavy (non-hydrogen) atoms. The van der Waals surface area contributed by atoms with Gasteiger partial charge in [0.1, 0.15) is 0 Å². The minimum Gasteiger partial charge on any atom is -0.0654 e. The summed E-state index contributed by atoms with van der Waals surface area (Å²) < 4.78 is 0. The van der Waals surface area contributed by atoms with Crippen molar-refractivity contribution in [3.63, 3.8) is 0 Å². The summed E-state index contributed by atoms with van der Waals surface area (Å²) in [5.41, 5.74) is 0.612. The van der Waals surface area contributed by atoms with E-state index >= 15 is 0 Å². The summed E-state index contributed by atoms with van der Waals surface area (Å²) >= 11 is 0. The third-order valence-corrected chi connectivity index (χ3v) is 30.8. The molecule has 0 aromatic heterocycles. The molecular formula is C110H221. The lowest BCUT2D eigenvalue weighted by molar-refractivity contribution is -0.251. The first-order chi connectivity index (χ1) is 53.6. The van der Waals surface area contributed by atoms with Crippen LogP contribution in [0.25, 0.3) is 0 Å².